The molecule has 0 bridgehead atoms. The van der Waals surface area contributed by atoms with Crippen LogP contribution in [0.1, 0.15) is 5.76 Å². The summed E-state index contributed by atoms with van der Waals surface area (Å²) in [5, 5.41) is 8.00. The predicted octanol–water partition coefficient (Wildman–Crippen LogP) is 3.23. The lowest BCUT2D eigenvalue weighted by Crippen LogP contribution is -1.91. The van der Waals surface area contributed by atoms with E-state index in [2.05, 4.69) is 15.2 Å². The van der Waals surface area contributed by atoms with E-state index < -0.39 is 0 Å². The van der Waals surface area contributed by atoms with Crippen molar-refractivity contribution in [3.05, 3.63) is 28.5 Å². The Kier molecular flexibility index (Phi) is 3.14. The molecule has 2 aromatic heterocycles. The van der Waals surface area contributed by atoms with E-state index in [4.69, 9.17) is 27.6 Å². The second kappa shape index (κ2) is 4.38. The van der Waals surface area contributed by atoms with Gasteiger partial charge in [0.1, 0.15) is 10.8 Å². The molecule has 0 saturated carbocycles. The molecule has 2 heterocycles. The zero-order valence-corrected chi connectivity index (χ0v) is 9.90. The molecule has 2 rings (SSSR count). The normalized spacial score (nSPS) is 10.6. The summed E-state index contributed by atoms with van der Waals surface area (Å²) >= 11 is 12.8. The summed E-state index contributed by atoms with van der Waals surface area (Å²) in [6.45, 7) is 1.85. The minimum atomic E-state index is 0.0723. The fourth-order valence-corrected chi connectivity index (χ4v) is 2.08. The molecule has 15 heavy (non-hydrogen) atoms. The molecular formula is C8H5Cl2N3OS. The molecule has 0 aliphatic carbocycles. The van der Waals surface area contributed by atoms with E-state index in [0.717, 1.165) is 10.7 Å². The molecule has 0 spiro atoms. The number of halogens is 2. The number of aromatic nitrogens is 3. The minimum Gasteiger partial charge on any atom is -0.468 e. The molecule has 7 heteroatoms. The fraction of sp³-hybridized carbons (Fsp3) is 0.125. The van der Waals surface area contributed by atoms with Gasteiger partial charge in [-0.15, -0.1) is 10.2 Å². The number of hydrogen-bond donors (Lipinski definition) is 0. The Morgan fingerprint density at radius 3 is 2.80 bits per heavy atom. The summed E-state index contributed by atoms with van der Waals surface area (Å²) < 4.78 is 5.15. The Labute approximate surface area is 100 Å². The summed E-state index contributed by atoms with van der Waals surface area (Å²) in [7, 11) is 0. The van der Waals surface area contributed by atoms with Crippen LogP contribution in [0.25, 0.3) is 0 Å². The van der Waals surface area contributed by atoms with E-state index >= 15 is 0 Å². The molecule has 0 radical (unpaired) electrons. The number of furan rings is 1. The second-order valence-electron chi connectivity index (χ2n) is 2.62. The second-order valence-corrected chi connectivity index (χ2v) is 4.35. The largest absolute Gasteiger partial charge is 0.468 e. The molecule has 0 aromatic carbocycles. The first-order valence-corrected chi connectivity index (χ1v) is 5.51. The highest BCUT2D eigenvalue weighted by Gasteiger charge is 2.10. The monoisotopic (exact) mass is 261 g/mol. The van der Waals surface area contributed by atoms with Crippen LogP contribution in [0.4, 0.5) is 0 Å². The van der Waals surface area contributed by atoms with Crippen molar-refractivity contribution in [2.75, 3.05) is 0 Å². The number of hydrogen-bond acceptors (Lipinski definition) is 5. The fourth-order valence-electron chi connectivity index (χ4n) is 0.928. The van der Waals surface area contributed by atoms with Crippen LogP contribution in [0, 0.1) is 6.92 Å². The molecule has 4 nitrogen and oxygen atoms in total. The Bertz CT molecular complexity index is 488. The van der Waals surface area contributed by atoms with Crippen molar-refractivity contribution < 1.29 is 4.42 Å². The molecule has 0 unspecified atom stereocenters. The molecule has 0 atom stereocenters. The summed E-state index contributed by atoms with van der Waals surface area (Å²) in [5.74, 6) is 0.797. The lowest BCUT2D eigenvalue weighted by atomic mass is 10.5. The van der Waals surface area contributed by atoms with Crippen LogP contribution in [0.15, 0.2) is 26.7 Å². The van der Waals surface area contributed by atoms with E-state index in [-0.39, 0.29) is 10.4 Å². The highest BCUT2D eigenvalue weighted by molar-refractivity contribution is 7.99. The third kappa shape index (κ3) is 2.42. The van der Waals surface area contributed by atoms with Crippen LogP contribution < -0.4 is 0 Å². The molecule has 0 fully saturated rings. The topological polar surface area (TPSA) is 51.8 Å². The van der Waals surface area contributed by atoms with Crippen molar-refractivity contribution in [3.63, 3.8) is 0 Å². The SMILES string of the molecule is Cc1occc1Sc1nc(Cl)nnc1Cl. The molecule has 0 aliphatic rings. The Hall–Kier alpha value is -0.780. The van der Waals surface area contributed by atoms with Crippen molar-refractivity contribution in [1.82, 2.24) is 15.2 Å². The molecule has 0 N–H and O–H groups in total. The maximum absolute atomic E-state index is 5.82. The summed E-state index contributed by atoms with van der Waals surface area (Å²) in [6, 6.07) is 1.83. The van der Waals surface area contributed by atoms with Crippen LogP contribution >= 0.6 is 35.0 Å². The Morgan fingerprint density at radius 2 is 2.13 bits per heavy atom. The molecule has 0 amide bonds. The van der Waals surface area contributed by atoms with Crippen LogP contribution in [0.2, 0.25) is 10.4 Å². The van der Waals surface area contributed by atoms with Gasteiger partial charge in [-0.05, 0) is 24.6 Å². The van der Waals surface area contributed by atoms with E-state index in [1.807, 2.05) is 13.0 Å². The van der Waals surface area contributed by atoms with Crippen molar-refractivity contribution >= 4 is 35.0 Å². The highest BCUT2D eigenvalue weighted by atomic mass is 35.5. The molecular weight excluding hydrogens is 257 g/mol. The maximum Gasteiger partial charge on any atom is 0.244 e. The van der Waals surface area contributed by atoms with Gasteiger partial charge in [0.25, 0.3) is 0 Å². The van der Waals surface area contributed by atoms with Gasteiger partial charge in [0, 0.05) is 0 Å². The van der Waals surface area contributed by atoms with E-state index in [9.17, 15) is 0 Å². The van der Waals surface area contributed by atoms with Crippen LogP contribution in [0.5, 0.6) is 0 Å². The standard InChI is InChI=1S/C8H5Cl2N3OS/c1-4-5(2-3-14-4)15-7-6(9)12-13-8(10)11-7/h2-3H,1H3. The Balaban J connectivity index is 2.32. The van der Waals surface area contributed by atoms with Gasteiger partial charge >= 0.3 is 0 Å². The van der Waals surface area contributed by atoms with Gasteiger partial charge in [0.05, 0.1) is 11.2 Å². The van der Waals surface area contributed by atoms with Crippen LogP contribution in [0.3, 0.4) is 0 Å². The van der Waals surface area contributed by atoms with E-state index in [1.54, 1.807) is 6.26 Å². The lowest BCUT2D eigenvalue weighted by molar-refractivity contribution is 0.527. The molecule has 0 aliphatic heterocycles. The van der Waals surface area contributed by atoms with Crippen molar-refractivity contribution in [1.29, 1.82) is 0 Å². The van der Waals surface area contributed by atoms with E-state index in [0.29, 0.717) is 5.03 Å². The van der Waals surface area contributed by atoms with Crippen molar-refractivity contribution in [3.8, 4) is 0 Å². The van der Waals surface area contributed by atoms with Gasteiger partial charge in [-0.3, -0.25) is 0 Å². The first-order chi connectivity index (χ1) is 7.16. The molecule has 2 aromatic rings. The third-order valence-corrected chi connectivity index (χ3v) is 3.26. The van der Waals surface area contributed by atoms with Gasteiger partial charge in [0.15, 0.2) is 5.15 Å². The summed E-state index contributed by atoms with van der Waals surface area (Å²) in [6.07, 6.45) is 1.60. The lowest BCUT2D eigenvalue weighted by Gasteiger charge is -2.00. The van der Waals surface area contributed by atoms with Crippen molar-refractivity contribution in [2.24, 2.45) is 0 Å². The summed E-state index contributed by atoms with van der Waals surface area (Å²) in [5.41, 5.74) is 0. The molecule has 0 saturated heterocycles. The van der Waals surface area contributed by atoms with Gasteiger partial charge in [-0.1, -0.05) is 23.4 Å². The van der Waals surface area contributed by atoms with Gasteiger partial charge in [-0.2, -0.15) is 0 Å². The average Bonchev–Trinajstić information content (AvgIpc) is 2.58. The van der Waals surface area contributed by atoms with Gasteiger partial charge in [0.2, 0.25) is 5.28 Å². The third-order valence-electron chi connectivity index (χ3n) is 1.61. The van der Waals surface area contributed by atoms with Crippen LogP contribution in [-0.2, 0) is 0 Å². The first-order valence-electron chi connectivity index (χ1n) is 3.94. The average molecular weight is 262 g/mol. The zero-order chi connectivity index (χ0) is 10.8. The van der Waals surface area contributed by atoms with Crippen LogP contribution in [-0.4, -0.2) is 15.2 Å². The maximum atomic E-state index is 5.82. The van der Waals surface area contributed by atoms with Gasteiger partial charge in [-0.25, -0.2) is 4.98 Å². The predicted molar refractivity (Wildman–Crippen MR) is 57.4 cm³/mol. The van der Waals surface area contributed by atoms with Gasteiger partial charge < -0.3 is 4.42 Å². The molecule has 78 valence electrons. The zero-order valence-electron chi connectivity index (χ0n) is 7.57. The number of nitrogens with zero attached hydrogens (tertiary/aromatic N) is 3. The highest BCUT2D eigenvalue weighted by Crippen LogP contribution is 2.33. The Morgan fingerprint density at radius 1 is 1.33 bits per heavy atom. The smallest absolute Gasteiger partial charge is 0.244 e. The first kappa shape index (κ1) is 10.7. The summed E-state index contributed by atoms with van der Waals surface area (Å²) in [4.78, 5) is 4.89. The minimum absolute atomic E-state index is 0.0723. The number of rotatable bonds is 2. The quantitative estimate of drug-likeness (QED) is 0.831. The van der Waals surface area contributed by atoms with Crippen molar-refractivity contribution in [2.45, 2.75) is 16.8 Å². The van der Waals surface area contributed by atoms with E-state index in [1.165, 1.54) is 11.8 Å². The number of aryl methyl sites for hydroxylation is 1.